The molecule has 3 rings (SSSR count). The van der Waals surface area contributed by atoms with Gasteiger partial charge in [0.2, 0.25) is 5.82 Å². The van der Waals surface area contributed by atoms with Crippen LogP contribution in [0.15, 0.2) is 47.0 Å². The van der Waals surface area contributed by atoms with Crippen LogP contribution in [0.1, 0.15) is 34.8 Å². The van der Waals surface area contributed by atoms with E-state index in [1.807, 2.05) is 0 Å². The fraction of sp³-hybridized carbons (Fsp3) is 0.211. The van der Waals surface area contributed by atoms with Crippen LogP contribution in [0.2, 0.25) is 0 Å². The Morgan fingerprint density at radius 2 is 2.00 bits per heavy atom. The molecule has 0 spiro atoms. The Labute approximate surface area is 149 Å². The van der Waals surface area contributed by atoms with Crippen molar-refractivity contribution >= 4 is 5.97 Å². The third-order valence-electron chi connectivity index (χ3n) is 3.83. The number of benzene rings is 2. The van der Waals surface area contributed by atoms with Crippen LogP contribution in [0, 0.1) is 12.7 Å². The molecule has 7 heteroatoms. The third kappa shape index (κ3) is 3.56. The van der Waals surface area contributed by atoms with Crippen LogP contribution in [-0.2, 0) is 4.74 Å². The Kier molecular flexibility index (Phi) is 4.97. The van der Waals surface area contributed by atoms with E-state index in [1.54, 1.807) is 50.2 Å². The van der Waals surface area contributed by atoms with Crippen molar-refractivity contribution in [3.05, 3.63) is 65.3 Å². The summed E-state index contributed by atoms with van der Waals surface area (Å²) in [4.78, 5) is 16.5. The standard InChI is InChI=1S/C19H17FN2O4/c1-11-8-9-13(10-15(11)20)17-21-18(26-22-17)12(2)25-19(23)14-6-4-5-7-16(14)24-3/h4-10,12H,1-3H3. The number of ether oxygens (including phenoxy) is 2. The van der Waals surface area contributed by atoms with Crippen molar-refractivity contribution in [3.63, 3.8) is 0 Å². The van der Waals surface area contributed by atoms with Gasteiger partial charge in [0.25, 0.3) is 5.89 Å². The highest BCUT2D eigenvalue weighted by atomic mass is 19.1. The second-order valence-electron chi connectivity index (χ2n) is 5.67. The molecule has 2 aromatic carbocycles. The van der Waals surface area contributed by atoms with Crippen molar-refractivity contribution < 1.29 is 23.2 Å². The van der Waals surface area contributed by atoms with Crippen molar-refractivity contribution in [1.29, 1.82) is 0 Å². The predicted molar refractivity (Wildman–Crippen MR) is 91.3 cm³/mol. The van der Waals surface area contributed by atoms with Crippen LogP contribution >= 0.6 is 0 Å². The van der Waals surface area contributed by atoms with Gasteiger partial charge >= 0.3 is 5.97 Å². The molecule has 26 heavy (non-hydrogen) atoms. The highest BCUT2D eigenvalue weighted by Crippen LogP contribution is 2.25. The smallest absolute Gasteiger partial charge is 0.342 e. The summed E-state index contributed by atoms with van der Waals surface area (Å²) in [5.74, 6) is -0.185. The van der Waals surface area contributed by atoms with Crippen molar-refractivity contribution in [2.24, 2.45) is 0 Å². The first kappa shape index (κ1) is 17.6. The van der Waals surface area contributed by atoms with E-state index in [0.29, 0.717) is 22.4 Å². The Morgan fingerprint density at radius 3 is 2.73 bits per heavy atom. The summed E-state index contributed by atoms with van der Waals surface area (Å²) in [7, 11) is 1.47. The van der Waals surface area contributed by atoms with E-state index in [4.69, 9.17) is 14.0 Å². The minimum Gasteiger partial charge on any atom is -0.496 e. The lowest BCUT2D eigenvalue weighted by Gasteiger charge is -2.11. The molecule has 1 heterocycles. The van der Waals surface area contributed by atoms with Crippen molar-refractivity contribution in [3.8, 4) is 17.1 Å². The number of hydrogen-bond donors (Lipinski definition) is 0. The first-order chi connectivity index (χ1) is 12.5. The number of rotatable bonds is 5. The van der Waals surface area contributed by atoms with Crippen molar-refractivity contribution in [2.75, 3.05) is 7.11 Å². The highest BCUT2D eigenvalue weighted by molar-refractivity contribution is 5.92. The number of aryl methyl sites for hydroxylation is 1. The summed E-state index contributed by atoms with van der Waals surface area (Å²) < 4.78 is 29.4. The Balaban J connectivity index is 1.76. The molecule has 0 fully saturated rings. The Bertz CT molecular complexity index is 939. The molecule has 0 saturated heterocycles. The lowest BCUT2D eigenvalue weighted by atomic mass is 10.1. The molecule has 1 aromatic heterocycles. The van der Waals surface area contributed by atoms with E-state index in [1.165, 1.54) is 13.2 Å². The van der Waals surface area contributed by atoms with Gasteiger partial charge in [-0.05, 0) is 37.6 Å². The SMILES string of the molecule is COc1ccccc1C(=O)OC(C)c1nc(-c2ccc(C)c(F)c2)no1. The largest absolute Gasteiger partial charge is 0.496 e. The number of carbonyl (C=O) groups excluding carboxylic acids is 1. The van der Waals surface area contributed by atoms with E-state index in [2.05, 4.69) is 10.1 Å². The molecular weight excluding hydrogens is 339 g/mol. The van der Waals surface area contributed by atoms with Gasteiger partial charge in [0.15, 0.2) is 6.10 Å². The van der Waals surface area contributed by atoms with Crippen molar-refractivity contribution in [1.82, 2.24) is 10.1 Å². The fourth-order valence-electron chi connectivity index (χ4n) is 2.34. The second-order valence-corrected chi connectivity index (χ2v) is 5.67. The van der Waals surface area contributed by atoms with Crippen LogP contribution < -0.4 is 4.74 Å². The van der Waals surface area contributed by atoms with Gasteiger partial charge in [0, 0.05) is 5.56 Å². The lowest BCUT2D eigenvalue weighted by molar-refractivity contribution is 0.0262. The third-order valence-corrected chi connectivity index (χ3v) is 3.83. The van der Waals surface area contributed by atoms with Crippen LogP contribution in [0.4, 0.5) is 4.39 Å². The molecule has 6 nitrogen and oxygen atoms in total. The second kappa shape index (κ2) is 7.35. The summed E-state index contributed by atoms with van der Waals surface area (Å²) in [6, 6.07) is 11.4. The number of methoxy groups -OCH3 is 1. The zero-order chi connectivity index (χ0) is 18.7. The Morgan fingerprint density at radius 1 is 1.23 bits per heavy atom. The zero-order valence-corrected chi connectivity index (χ0v) is 14.5. The topological polar surface area (TPSA) is 74.5 Å². The lowest BCUT2D eigenvalue weighted by Crippen LogP contribution is -2.10. The fourth-order valence-corrected chi connectivity index (χ4v) is 2.34. The molecule has 3 aromatic rings. The number of nitrogens with zero attached hydrogens (tertiary/aromatic N) is 2. The minimum atomic E-state index is -0.774. The first-order valence-corrected chi connectivity index (χ1v) is 7.93. The number of hydrogen-bond acceptors (Lipinski definition) is 6. The van der Waals surface area contributed by atoms with Gasteiger partial charge in [0.1, 0.15) is 17.1 Å². The van der Waals surface area contributed by atoms with Crippen molar-refractivity contribution in [2.45, 2.75) is 20.0 Å². The van der Waals surface area contributed by atoms with Crippen LogP contribution in [0.5, 0.6) is 5.75 Å². The summed E-state index contributed by atoms with van der Waals surface area (Å²) in [5, 5.41) is 3.82. The molecule has 0 bridgehead atoms. The molecule has 0 aliphatic carbocycles. The van der Waals surface area contributed by atoms with Gasteiger partial charge in [-0.3, -0.25) is 0 Å². The monoisotopic (exact) mass is 356 g/mol. The number of halogens is 1. The summed E-state index contributed by atoms with van der Waals surface area (Å²) >= 11 is 0. The molecule has 0 aliphatic rings. The normalized spacial score (nSPS) is 11.8. The predicted octanol–water partition coefficient (Wildman–Crippen LogP) is 4.11. The molecular formula is C19H17FN2O4. The maximum Gasteiger partial charge on any atom is 0.342 e. The number of para-hydroxylation sites is 1. The number of aromatic nitrogens is 2. The number of esters is 1. The molecule has 0 amide bonds. The van der Waals surface area contributed by atoms with Crippen LogP contribution in [0.25, 0.3) is 11.4 Å². The Hall–Kier alpha value is -3.22. The van der Waals surface area contributed by atoms with E-state index in [9.17, 15) is 9.18 Å². The van der Waals surface area contributed by atoms with Gasteiger partial charge in [-0.2, -0.15) is 4.98 Å². The molecule has 1 atom stereocenters. The van der Waals surface area contributed by atoms with E-state index >= 15 is 0 Å². The van der Waals surface area contributed by atoms with E-state index < -0.39 is 12.1 Å². The average molecular weight is 356 g/mol. The van der Waals surface area contributed by atoms with Gasteiger partial charge in [-0.1, -0.05) is 29.4 Å². The average Bonchev–Trinajstić information content (AvgIpc) is 3.14. The molecule has 1 unspecified atom stereocenters. The van der Waals surface area contributed by atoms with Gasteiger partial charge in [-0.15, -0.1) is 0 Å². The zero-order valence-electron chi connectivity index (χ0n) is 14.5. The van der Waals surface area contributed by atoms with Crippen LogP contribution in [0.3, 0.4) is 0 Å². The number of carbonyl (C=O) groups is 1. The van der Waals surface area contributed by atoms with Gasteiger partial charge < -0.3 is 14.0 Å². The molecule has 134 valence electrons. The summed E-state index contributed by atoms with van der Waals surface area (Å²) in [6.45, 7) is 3.28. The van der Waals surface area contributed by atoms with Crippen LogP contribution in [-0.4, -0.2) is 23.2 Å². The summed E-state index contributed by atoms with van der Waals surface area (Å²) in [5.41, 5.74) is 1.30. The van der Waals surface area contributed by atoms with E-state index in [-0.39, 0.29) is 17.5 Å². The van der Waals surface area contributed by atoms with E-state index in [0.717, 1.165) is 0 Å². The maximum atomic E-state index is 13.7. The highest BCUT2D eigenvalue weighted by Gasteiger charge is 2.22. The maximum absolute atomic E-state index is 13.7. The molecule has 0 aliphatic heterocycles. The summed E-state index contributed by atoms with van der Waals surface area (Å²) in [6.07, 6.45) is -0.774. The molecule has 0 radical (unpaired) electrons. The minimum absolute atomic E-state index is 0.115. The van der Waals surface area contributed by atoms with Gasteiger partial charge in [-0.25, -0.2) is 9.18 Å². The molecule has 0 N–H and O–H groups in total. The first-order valence-electron chi connectivity index (χ1n) is 7.93. The quantitative estimate of drug-likeness (QED) is 0.641. The van der Waals surface area contributed by atoms with Gasteiger partial charge in [0.05, 0.1) is 7.11 Å². The molecule has 0 saturated carbocycles.